The van der Waals surface area contributed by atoms with Gasteiger partial charge in [-0.05, 0) is 12.1 Å². The van der Waals surface area contributed by atoms with Crippen LogP contribution in [0.25, 0.3) is 0 Å². The molecule has 17 heavy (non-hydrogen) atoms. The standard InChI is InChI=1S/C11H13F2NO3/c1-17-9-5-3-2-4-8(9)10(16)14-6-11(12,13)7-15/h2-5,15H,6-7H2,1H3,(H,14,16). The summed E-state index contributed by atoms with van der Waals surface area (Å²) < 4.78 is 30.4. The highest BCUT2D eigenvalue weighted by molar-refractivity contribution is 5.96. The molecule has 0 aliphatic rings. The van der Waals surface area contributed by atoms with Gasteiger partial charge in [-0.15, -0.1) is 0 Å². The molecule has 1 amide bonds. The molecule has 0 atom stereocenters. The van der Waals surface area contributed by atoms with Crippen LogP contribution in [0.2, 0.25) is 0 Å². The van der Waals surface area contributed by atoms with Crippen molar-refractivity contribution >= 4 is 5.91 Å². The van der Waals surface area contributed by atoms with Crippen molar-refractivity contribution in [2.45, 2.75) is 5.92 Å². The molecule has 0 saturated heterocycles. The molecule has 0 aromatic heterocycles. The van der Waals surface area contributed by atoms with E-state index < -0.39 is 25.0 Å². The van der Waals surface area contributed by atoms with Gasteiger partial charge in [0.2, 0.25) is 0 Å². The van der Waals surface area contributed by atoms with E-state index in [2.05, 4.69) is 0 Å². The number of alkyl halides is 2. The van der Waals surface area contributed by atoms with Crippen LogP contribution in [-0.2, 0) is 0 Å². The van der Waals surface area contributed by atoms with E-state index in [0.29, 0.717) is 5.75 Å². The van der Waals surface area contributed by atoms with Crippen molar-refractivity contribution in [2.75, 3.05) is 20.3 Å². The van der Waals surface area contributed by atoms with Gasteiger partial charge < -0.3 is 15.2 Å². The van der Waals surface area contributed by atoms with Crippen LogP contribution < -0.4 is 10.1 Å². The van der Waals surface area contributed by atoms with Crippen molar-refractivity contribution in [1.82, 2.24) is 5.32 Å². The Labute approximate surface area is 97.2 Å². The average Bonchev–Trinajstić information content (AvgIpc) is 2.36. The van der Waals surface area contributed by atoms with Gasteiger partial charge in [0.25, 0.3) is 11.8 Å². The van der Waals surface area contributed by atoms with Gasteiger partial charge in [-0.3, -0.25) is 4.79 Å². The summed E-state index contributed by atoms with van der Waals surface area (Å²) in [5, 5.41) is 10.4. The number of rotatable bonds is 5. The summed E-state index contributed by atoms with van der Waals surface area (Å²) in [4.78, 5) is 11.6. The molecule has 4 nitrogen and oxygen atoms in total. The molecule has 0 saturated carbocycles. The first-order valence-corrected chi connectivity index (χ1v) is 4.90. The Balaban J connectivity index is 2.70. The number of ether oxygens (including phenoxy) is 1. The highest BCUT2D eigenvalue weighted by Crippen LogP contribution is 2.17. The van der Waals surface area contributed by atoms with Crippen LogP contribution in [-0.4, -0.2) is 37.2 Å². The highest BCUT2D eigenvalue weighted by atomic mass is 19.3. The molecule has 0 unspecified atom stereocenters. The van der Waals surface area contributed by atoms with Gasteiger partial charge in [0, 0.05) is 0 Å². The first kappa shape index (κ1) is 13.4. The largest absolute Gasteiger partial charge is 0.496 e. The van der Waals surface area contributed by atoms with Gasteiger partial charge in [-0.2, -0.15) is 0 Å². The van der Waals surface area contributed by atoms with E-state index in [9.17, 15) is 13.6 Å². The second-order valence-corrected chi connectivity index (χ2v) is 3.40. The van der Waals surface area contributed by atoms with Crippen molar-refractivity contribution in [3.63, 3.8) is 0 Å². The Hall–Kier alpha value is -1.69. The van der Waals surface area contributed by atoms with Crippen LogP contribution in [0.5, 0.6) is 5.75 Å². The van der Waals surface area contributed by atoms with E-state index in [4.69, 9.17) is 9.84 Å². The molecule has 0 radical (unpaired) electrons. The summed E-state index contributed by atoms with van der Waals surface area (Å²) in [7, 11) is 1.38. The Kier molecular flexibility index (Phi) is 4.39. The molecule has 6 heteroatoms. The minimum Gasteiger partial charge on any atom is -0.496 e. The third-order valence-electron chi connectivity index (χ3n) is 2.09. The number of amides is 1. The normalized spacial score (nSPS) is 11.1. The van der Waals surface area contributed by atoms with E-state index >= 15 is 0 Å². The lowest BCUT2D eigenvalue weighted by Gasteiger charge is -2.14. The number of hydrogen-bond donors (Lipinski definition) is 2. The molecule has 0 aliphatic heterocycles. The number of methoxy groups -OCH3 is 1. The smallest absolute Gasteiger partial charge is 0.287 e. The minimum atomic E-state index is -3.32. The number of halogens is 2. The monoisotopic (exact) mass is 245 g/mol. The summed E-state index contributed by atoms with van der Waals surface area (Å²) >= 11 is 0. The van der Waals surface area contributed by atoms with E-state index in [1.807, 2.05) is 5.32 Å². The van der Waals surface area contributed by atoms with E-state index in [-0.39, 0.29) is 5.56 Å². The van der Waals surface area contributed by atoms with E-state index in [1.54, 1.807) is 18.2 Å². The molecule has 0 heterocycles. The zero-order valence-corrected chi connectivity index (χ0v) is 9.24. The molecule has 0 bridgehead atoms. The second-order valence-electron chi connectivity index (χ2n) is 3.40. The zero-order valence-electron chi connectivity index (χ0n) is 9.24. The molecule has 0 spiro atoms. The number of aliphatic hydroxyl groups is 1. The molecule has 1 aromatic carbocycles. The first-order chi connectivity index (χ1) is 8.00. The van der Waals surface area contributed by atoms with Crippen LogP contribution in [0.4, 0.5) is 8.78 Å². The number of benzene rings is 1. The lowest BCUT2D eigenvalue weighted by molar-refractivity contribution is -0.0462. The molecule has 94 valence electrons. The van der Waals surface area contributed by atoms with Gasteiger partial charge in [-0.1, -0.05) is 12.1 Å². The predicted octanol–water partition coefficient (Wildman–Crippen LogP) is 1.05. The molecule has 0 fully saturated rings. The van der Waals surface area contributed by atoms with E-state index in [1.165, 1.54) is 13.2 Å². The molecular weight excluding hydrogens is 232 g/mol. The van der Waals surface area contributed by atoms with Crippen LogP contribution in [0, 0.1) is 0 Å². The predicted molar refractivity (Wildman–Crippen MR) is 57.4 cm³/mol. The minimum absolute atomic E-state index is 0.170. The Bertz CT molecular complexity index is 396. The lowest BCUT2D eigenvalue weighted by Crippen LogP contribution is -2.39. The number of aliphatic hydroxyl groups excluding tert-OH is 1. The zero-order chi connectivity index (χ0) is 12.9. The number of carbonyl (C=O) groups excluding carboxylic acids is 1. The summed E-state index contributed by atoms with van der Waals surface area (Å²) in [5.41, 5.74) is 0.170. The highest BCUT2D eigenvalue weighted by Gasteiger charge is 2.28. The summed E-state index contributed by atoms with van der Waals surface area (Å²) in [6.07, 6.45) is 0. The van der Waals surface area contributed by atoms with Gasteiger partial charge in [0.1, 0.15) is 12.4 Å². The van der Waals surface area contributed by atoms with Gasteiger partial charge in [-0.25, -0.2) is 8.78 Å². The number of nitrogens with one attached hydrogen (secondary N) is 1. The maximum absolute atomic E-state index is 12.7. The third kappa shape index (κ3) is 3.67. The molecular formula is C11H13F2NO3. The summed E-state index contributed by atoms with van der Waals surface area (Å²) in [6.45, 7) is -2.22. The quantitative estimate of drug-likeness (QED) is 0.815. The Morgan fingerprint density at radius 1 is 1.47 bits per heavy atom. The third-order valence-corrected chi connectivity index (χ3v) is 2.09. The number of carbonyl (C=O) groups is 1. The van der Waals surface area contributed by atoms with Crippen LogP contribution in [0.1, 0.15) is 10.4 Å². The fourth-order valence-corrected chi connectivity index (χ4v) is 1.19. The molecule has 1 rings (SSSR count). The maximum Gasteiger partial charge on any atom is 0.287 e. The fraction of sp³-hybridized carbons (Fsp3) is 0.364. The van der Waals surface area contributed by atoms with Crippen molar-refractivity contribution in [3.8, 4) is 5.75 Å². The van der Waals surface area contributed by atoms with Crippen LogP contribution >= 0.6 is 0 Å². The van der Waals surface area contributed by atoms with Crippen molar-refractivity contribution < 1.29 is 23.4 Å². The van der Waals surface area contributed by atoms with Crippen molar-refractivity contribution in [1.29, 1.82) is 0 Å². The van der Waals surface area contributed by atoms with Crippen molar-refractivity contribution in [3.05, 3.63) is 29.8 Å². The fourth-order valence-electron chi connectivity index (χ4n) is 1.19. The first-order valence-electron chi connectivity index (χ1n) is 4.90. The number of para-hydroxylation sites is 1. The molecule has 1 aromatic rings. The van der Waals surface area contributed by atoms with Gasteiger partial charge in [0.05, 0.1) is 19.2 Å². The summed E-state index contributed by atoms with van der Waals surface area (Å²) in [5.74, 6) is -3.69. The van der Waals surface area contributed by atoms with E-state index in [0.717, 1.165) is 0 Å². The van der Waals surface area contributed by atoms with Crippen LogP contribution in [0.3, 0.4) is 0 Å². The Morgan fingerprint density at radius 2 is 2.12 bits per heavy atom. The van der Waals surface area contributed by atoms with Crippen molar-refractivity contribution in [2.24, 2.45) is 0 Å². The average molecular weight is 245 g/mol. The molecule has 2 N–H and O–H groups in total. The Morgan fingerprint density at radius 3 is 2.71 bits per heavy atom. The lowest BCUT2D eigenvalue weighted by atomic mass is 10.2. The summed E-state index contributed by atoms with van der Waals surface area (Å²) in [6, 6.07) is 6.28. The number of hydrogen-bond acceptors (Lipinski definition) is 3. The van der Waals surface area contributed by atoms with Gasteiger partial charge in [0.15, 0.2) is 0 Å². The molecule has 0 aliphatic carbocycles. The van der Waals surface area contributed by atoms with Crippen LogP contribution in [0.15, 0.2) is 24.3 Å². The SMILES string of the molecule is COc1ccccc1C(=O)NCC(F)(F)CO. The maximum atomic E-state index is 12.7. The van der Waals surface area contributed by atoms with Gasteiger partial charge >= 0.3 is 0 Å². The topological polar surface area (TPSA) is 58.6 Å². The second kappa shape index (κ2) is 5.58.